The molecule has 0 unspecified atom stereocenters. The van der Waals surface area contributed by atoms with Crippen molar-refractivity contribution < 1.29 is 26.2 Å². The van der Waals surface area contributed by atoms with Crippen LogP contribution in [0.25, 0.3) is 16.5 Å². The number of hydrogen-bond acceptors (Lipinski definition) is 0. The molecule has 0 aliphatic heterocycles. The molecule has 4 heteroatoms. The van der Waals surface area contributed by atoms with E-state index in [-0.39, 0.29) is 31.7 Å². The molecule has 0 saturated carbocycles. The largest absolute Gasteiger partial charge is 4.00 e. The van der Waals surface area contributed by atoms with Gasteiger partial charge < -0.3 is 5.73 Å². The Labute approximate surface area is 232 Å². The van der Waals surface area contributed by atoms with Crippen LogP contribution in [0.2, 0.25) is 13.1 Å². The van der Waals surface area contributed by atoms with Gasteiger partial charge in [0.25, 0.3) is 0 Å². The van der Waals surface area contributed by atoms with Gasteiger partial charge in [0.05, 0.1) is 0 Å². The van der Waals surface area contributed by atoms with Gasteiger partial charge in [-0.3, -0.25) is 0 Å². The summed E-state index contributed by atoms with van der Waals surface area (Å²) in [6, 6.07) is 32.3. The molecule has 33 heavy (non-hydrogen) atoms. The fraction of sp³-hybridized carbons (Fsp3) is 0.207. The Morgan fingerprint density at radius 1 is 0.758 bits per heavy atom. The van der Waals surface area contributed by atoms with Gasteiger partial charge in [0.1, 0.15) is 0 Å². The number of fused-ring (bicyclic) bond motifs is 1. The number of benzene rings is 3. The normalized spacial score (nSPS) is 9.18. The molecular weight excluding hydrogens is 562 g/mol. The summed E-state index contributed by atoms with van der Waals surface area (Å²) < 4.78 is 1.16. The minimum Gasteiger partial charge on any atom is -0.673 e. The van der Waals surface area contributed by atoms with Gasteiger partial charge in [-0.1, -0.05) is 72.5 Å². The van der Waals surface area contributed by atoms with Crippen molar-refractivity contribution in [3.8, 4) is 0 Å². The second-order valence-corrected chi connectivity index (χ2v) is 9.94. The average Bonchev–Trinajstić information content (AvgIpc) is 3.10. The fourth-order valence-corrected chi connectivity index (χ4v) is 2.56. The SMILES string of the molecule is Brc1cc2ccccc2[cH-]1.CC(C)(C)[NH-].C[Si]C.[CH2-]c1ccccc1.[CH2-]c1ccccc1.[Zr+4]. The Morgan fingerprint density at radius 3 is 1.39 bits per heavy atom. The Balaban J connectivity index is 0. The maximum atomic E-state index is 6.94. The van der Waals surface area contributed by atoms with Gasteiger partial charge in [0.2, 0.25) is 0 Å². The van der Waals surface area contributed by atoms with Gasteiger partial charge in [0.15, 0.2) is 0 Å². The van der Waals surface area contributed by atoms with Crippen LogP contribution in [-0.4, -0.2) is 15.1 Å². The van der Waals surface area contributed by atoms with Crippen molar-refractivity contribution in [2.75, 3.05) is 0 Å². The zero-order valence-corrected chi connectivity index (χ0v) is 25.6. The minimum atomic E-state index is -0.250. The molecule has 0 fully saturated rings. The van der Waals surface area contributed by atoms with Crippen molar-refractivity contribution in [2.45, 2.75) is 39.4 Å². The van der Waals surface area contributed by atoms with Crippen LogP contribution in [0.1, 0.15) is 31.9 Å². The summed E-state index contributed by atoms with van der Waals surface area (Å²) in [6.07, 6.45) is 0. The van der Waals surface area contributed by atoms with Gasteiger partial charge >= 0.3 is 26.2 Å². The Morgan fingerprint density at radius 2 is 1.09 bits per heavy atom. The van der Waals surface area contributed by atoms with E-state index in [0.29, 0.717) is 0 Å². The van der Waals surface area contributed by atoms with Crippen LogP contribution < -0.4 is 0 Å². The van der Waals surface area contributed by atoms with E-state index in [1.807, 2.05) is 81.4 Å². The van der Waals surface area contributed by atoms with Gasteiger partial charge in [-0.05, 0) is 0 Å². The summed E-state index contributed by atoms with van der Waals surface area (Å²) in [7, 11) is 1.08. The zero-order chi connectivity index (χ0) is 24.4. The van der Waals surface area contributed by atoms with Crippen molar-refractivity contribution in [1.29, 1.82) is 0 Å². The van der Waals surface area contributed by atoms with Crippen LogP contribution in [-0.2, 0) is 26.2 Å². The molecule has 0 spiro atoms. The maximum Gasteiger partial charge on any atom is 4.00 e. The number of hydrogen-bond donors (Lipinski definition) is 0. The molecule has 4 aromatic carbocycles. The zero-order valence-electron chi connectivity index (χ0n) is 20.5. The van der Waals surface area contributed by atoms with E-state index in [1.54, 1.807) is 0 Å². The van der Waals surface area contributed by atoms with Crippen LogP contribution in [0.15, 0.2) is 102 Å². The molecule has 4 rings (SSSR count). The second-order valence-electron chi connectivity index (χ2n) is 8.02. The molecule has 2 radical (unpaired) electrons. The molecule has 0 atom stereocenters. The van der Waals surface area contributed by atoms with Gasteiger partial charge in [-0.2, -0.15) is 55.3 Å². The standard InChI is InChI=1S/C9H6Br.2C7H7.C4H10N.C2H6Si.Zr/c10-9-5-7-3-1-2-4-8(7)6-9;2*1-7-5-3-2-4-6-7;1-4(2,3)5;1-3-2;/h1-6H;2*2-6H,1H2;5H,1-3H3;1-2H3;/q4*-1;;+4. The second kappa shape index (κ2) is 20.0. The van der Waals surface area contributed by atoms with Gasteiger partial charge in [-0.25, -0.2) is 0 Å². The first kappa shape index (κ1) is 33.7. The van der Waals surface area contributed by atoms with Crippen LogP contribution in [0.4, 0.5) is 0 Å². The van der Waals surface area contributed by atoms with Gasteiger partial charge in [-0.15, -0.1) is 64.8 Å². The van der Waals surface area contributed by atoms with E-state index in [9.17, 15) is 0 Å². The predicted octanol–water partition coefficient (Wildman–Crippen LogP) is 9.68. The maximum absolute atomic E-state index is 6.94. The van der Waals surface area contributed by atoms with Crippen LogP contribution in [0.3, 0.4) is 0 Å². The topological polar surface area (TPSA) is 23.8 Å². The molecule has 1 nitrogen and oxygen atoms in total. The molecule has 172 valence electrons. The molecule has 1 N–H and O–H groups in total. The monoisotopic (exact) mass is 595 g/mol. The molecule has 0 bridgehead atoms. The Hall–Kier alpha value is -1.45. The fourth-order valence-electron chi connectivity index (χ4n) is 2.07. The molecule has 0 saturated heterocycles. The van der Waals surface area contributed by atoms with E-state index >= 15 is 0 Å². The van der Waals surface area contributed by atoms with Crippen molar-refractivity contribution >= 4 is 36.2 Å². The summed E-state index contributed by atoms with van der Waals surface area (Å²) in [5.74, 6) is 0. The van der Waals surface area contributed by atoms with E-state index in [4.69, 9.17) is 5.73 Å². The van der Waals surface area contributed by atoms with Crippen LogP contribution in [0.5, 0.6) is 0 Å². The number of rotatable bonds is 0. The van der Waals surface area contributed by atoms with Crippen molar-refractivity contribution in [2.24, 2.45) is 0 Å². The quantitative estimate of drug-likeness (QED) is 0.142. The summed E-state index contributed by atoms with van der Waals surface area (Å²) in [6.45, 7) is 17.3. The minimum absolute atomic E-state index is 0. The first-order valence-corrected chi connectivity index (χ1v) is 13.2. The third-order valence-corrected chi connectivity index (χ3v) is 3.73. The van der Waals surface area contributed by atoms with Crippen LogP contribution in [0, 0.1) is 13.8 Å². The first-order valence-electron chi connectivity index (χ1n) is 10.4. The summed E-state index contributed by atoms with van der Waals surface area (Å²) in [5, 5.41) is 2.60. The summed E-state index contributed by atoms with van der Waals surface area (Å²) in [5.41, 5.74) is 8.83. The third kappa shape index (κ3) is 22.1. The molecule has 0 aliphatic carbocycles. The molecule has 0 aromatic heterocycles. The smallest absolute Gasteiger partial charge is 0.673 e. The third-order valence-electron chi connectivity index (χ3n) is 3.27. The van der Waals surface area contributed by atoms with E-state index in [2.05, 4.69) is 79.3 Å². The first-order chi connectivity index (χ1) is 15.1. The van der Waals surface area contributed by atoms with E-state index < -0.39 is 0 Å². The van der Waals surface area contributed by atoms with Crippen LogP contribution >= 0.6 is 15.9 Å². The molecule has 0 aliphatic rings. The summed E-state index contributed by atoms with van der Waals surface area (Å²) >= 11 is 3.42. The number of halogens is 1. The van der Waals surface area contributed by atoms with Gasteiger partial charge in [0, 0.05) is 9.52 Å². The summed E-state index contributed by atoms with van der Waals surface area (Å²) in [4.78, 5) is 0. The van der Waals surface area contributed by atoms with E-state index in [1.165, 1.54) is 10.8 Å². The molecular formula is C29H36BrNSiZr. The van der Waals surface area contributed by atoms with Crippen molar-refractivity contribution in [1.82, 2.24) is 0 Å². The van der Waals surface area contributed by atoms with E-state index in [0.717, 1.165) is 25.1 Å². The number of nitrogens with one attached hydrogen (secondary N) is 1. The van der Waals surface area contributed by atoms with Crippen molar-refractivity contribution in [3.05, 3.63) is 132 Å². The average molecular weight is 598 g/mol. The molecule has 0 heterocycles. The Kier molecular flexibility index (Phi) is 20.4. The Bertz CT molecular complexity index is 871. The molecule has 0 amide bonds. The predicted molar refractivity (Wildman–Crippen MR) is 151 cm³/mol. The van der Waals surface area contributed by atoms with Crippen molar-refractivity contribution in [3.63, 3.8) is 0 Å². The molecule has 4 aromatic rings.